The Bertz CT molecular complexity index is 1630. The van der Waals surface area contributed by atoms with Gasteiger partial charge in [0.05, 0.1) is 22.9 Å². The van der Waals surface area contributed by atoms with Crippen molar-refractivity contribution in [1.29, 1.82) is 0 Å². The molecular weight excluding hydrogens is 495 g/mol. The molecule has 2 aliphatic heterocycles. The maximum Gasteiger partial charge on any atom is 0.301 e. The molecule has 0 aliphatic carbocycles. The second kappa shape index (κ2) is 8.70. The molecule has 0 bridgehead atoms. The minimum Gasteiger partial charge on any atom is -0.507 e. The van der Waals surface area contributed by atoms with E-state index in [4.69, 9.17) is 9.47 Å². The number of amides is 1. The third kappa shape index (κ3) is 3.74. The van der Waals surface area contributed by atoms with Gasteiger partial charge in [-0.25, -0.2) is 9.37 Å². The number of anilines is 1. The maximum atomic E-state index is 15.1. The number of nitrogens with zero attached hydrogens (tertiary/aromatic N) is 2. The van der Waals surface area contributed by atoms with Gasteiger partial charge in [-0.15, -0.1) is 0 Å². The Morgan fingerprint density at radius 1 is 1.16 bits per heavy atom. The normalized spacial score (nSPS) is 20.4. The van der Waals surface area contributed by atoms with E-state index in [-0.39, 0.29) is 28.1 Å². The number of aliphatic hydroxyl groups excluding tert-OH is 1. The van der Waals surface area contributed by atoms with Crippen molar-refractivity contribution >= 4 is 44.1 Å². The van der Waals surface area contributed by atoms with Gasteiger partial charge in [0.25, 0.3) is 5.78 Å². The molecule has 1 N–H and O–H groups in total. The molecule has 7 nitrogen and oxygen atoms in total. The number of aromatic nitrogens is 1. The number of Topliss-reactive ketones (excluding diaryl/α,β-unsaturated/α-hetero) is 1. The van der Waals surface area contributed by atoms with E-state index < -0.39 is 23.5 Å². The summed E-state index contributed by atoms with van der Waals surface area (Å²) in [6.45, 7) is 1.94. The Morgan fingerprint density at radius 3 is 2.76 bits per heavy atom. The van der Waals surface area contributed by atoms with E-state index in [1.807, 2.05) is 6.92 Å². The van der Waals surface area contributed by atoms with Crippen LogP contribution in [-0.4, -0.2) is 35.0 Å². The van der Waals surface area contributed by atoms with Gasteiger partial charge in [0.15, 0.2) is 5.13 Å². The molecule has 1 fully saturated rings. The highest BCUT2D eigenvalue weighted by atomic mass is 32.1. The molecule has 1 saturated heterocycles. The molecule has 0 spiro atoms. The molecule has 2 aliphatic rings. The van der Waals surface area contributed by atoms with Gasteiger partial charge in [0, 0.05) is 17.5 Å². The lowest BCUT2D eigenvalue weighted by Gasteiger charge is -2.23. The molecular formula is C28H21FN2O5S. The van der Waals surface area contributed by atoms with Gasteiger partial charge in [-0.2, -0.15) is 0 Å². The second-order valence-corrected chi connectivity index (χ2v) is 9.98. The van der Waals surface area contributed by atoms with Crippen LogP contribution in [0, 0.1) is 5.82 Å². The van der Waals surface area contributed by atoms with Crippen molar-refractivity contribution < 1.29 is 28.6 Å². The number of thiazole rings is 1. The molecule has 1 aromatic heterocycles. The molecule has 2 unspecified atom stereocenters. The quantitative estimate of drug-likeness (QED) is 0.222. The van der Waals surface area contributed by atoms with E-state index in [1.165, 1.54) is 34.4 Å². The van der Waals surface area contributed by atoms with Crippen LogP contribution < -0.4 is 14.4 Å². The van der Waals surface area contributed by atoms with Crippen molar-refractivity contribution in [3.63, 3.8) is 0 Å². The monoisotopic (exact) mass is 516 g/mol. The van der Waals surface area contributed by atoms with Crippen molar-refractivity contribution in [3.05, 3.63) is 88.7 Å². The molecule has 37 heavy (non-hydrogen) atoms. The van der Waals surface area contributed by atoms with Crippen LogP contribution in [0.2, 0.25) is 0 Å². The Balaban J connectivity index is 1.54. The summed E-state index contributed by atoms with van der Waals surface area (Å²) in [5.41, 5.74) is 1.72. The van der Waals surface area contributed by atoms with Crippen LogP contribution in [0.1, 0.15) is 29.7 Å². The SMILES string of the molecule is COc1ccc2nc(N3C(=O)C(=O)/C(=C(/O)c4ccc5c(c4)CC(C)O5)C3c3ccccc3F)sc2c1. The number of hydrogen-bond acceptors (Lipinski definition) is 7. The molecule has 1 amide bonds. The number of ketones is 1. The van der Waals surface area contributed by atoms with Crippen LogP contribution in [0.4, 0.5) is 9.52 Å². The zero-order valence-electron chi connectivity index (χ0n) is 19.9. The first-order valence-corrected chi connectivity index (χ1v) is 12.5. The van der Waals surface area contributed by atoms with Crippen LogP contribution in [0.15, 0.2) is 66.2 Å². The summed E-state index contributed by atoms with van der Waals surface area (Å²) in [5, 5.41) is 11.6. The third-order valence-corrected chi connectivity index (χ3v) is 7.62. The van der Waals surface area contributed by atoms with E-state index in [0.29, 0.717) is 29.0 Å². The van der Waals surface area contributed by atoms with Gasteiger partial charge in [-0.3, -0.25) is 14.5 Å². The summed E-state index contributed by atoms with van der Waals surface area (Å²) >= 11 is 1.18. The molecule has 3 heterocycles. The fourth-order valence-corrected chi connectivity index (χ4v) is 5.89. The topological polar surface area (TPSA) is 89.0 Å². The minimum absolute atomic E-state index is 0.00551. The van der Waals surface area contributed by atoms with E-state index in [9.17, 15) is 14.7 Å². The summed E-state index contributed by atoms with van der Waals surface area (Å²) in [6.07, 6.45) is 0.644. The number of benzene rings is 3. The van der Waals surface area contributed by atoms with Crippen molar-refractivity contribution in [2.24, 2.45) is 0 Å². The van der Waals surface area contributed by atoms with E-state index >= 15 is 4.39 Å². The Hall–Kier alpha value is -4.24. The Kier molecular flexibility index (Phi) is 5.45. The average Bonchev–Trinajstić information content (AvgIpc) is 3.55. The van der Waals surface area contributed by atoms with Crippen LogP contribution in [0.5, 0.6) is 11.5 Å². The first kappa shape index (κ1) is 23.2. The van der Waals surface area contributed by atoms with E-state index in [2.05, 4.69) is 4.98 Å². The van der Waals surface area contributed by atoms with Gasteiger partial charge in [-0.05, 0) is 55.0 Å². The number of carbonyl (C=O) groups excluding carboxylic acids is 2. The lowest BCUT2D eigenvalue weighted by Crippen LogP contribution is -2.29. The molecule has 4 aromatic rings. The zero-order chi connectivity index (χ0) is 25.8. The summed E-state index contributed by atoms with van der Waals surface area (Å²) in [5.74, 6) is -1.46. The number of halogens is 1. The Labute approximate surface area is 215 Å². The summed E-state index contributed by atoms with van der Waals surface area (Å²) in [4.78, 5) is 32.5. The number of ether oxygens (including phenoxy) is 2. The standard InChI is InChI=1S/C28H21FN2O5S/c1-14-11-16-12-15(7-10-21(16)36-14)25(32)23-24(18-5-3-4-6-19(18)29)31(27(34)26(23)33)28-30-20-9-8-17(35-2)13-22(20)37-28/h3-10,12-14,24,32H,11H2,1-2H3/b25-23+. The fourth-order valence-electron chi connectivity index (χ4n) is 4.87. The summed E-state index contributed by atoms with van der Waals surface area (Å²) < 4.78 is 26.9. The smallest absolute Gasteiger partial charge is 0.301 e. The Morgan fingerprint density at radius 2 is 1.97 bits per heavy atom. The summed E-state index contributed by atoms with van der Waals surface area (Å²) in [7, 11) is 1.55. The summed E-state index contributed by atoms with van der Waals surface area (Å²) in [6, 6.07) is 15.1. The van der Waals surface area contributed by atoms with Gasteiger partial charge in [-0.1, -0.05) is 29.5 Å². The van der Waals surface area contributed by atoms with Crippen molar-refractivity contribution in [2.45, 2.75) is 25.5 Å². The van der Waals surface area contributed by atoms with Crippen molar-refractivity contribution in [1.82, 2.24) is 4.98 Å². The lowest BCUT2D eigenvalue weighted by molar-refractivity contribution is -0.132. The molecule has 3 aromatic carbocycles. The van der Waals surface area contributed by atoms with Crippen molar-refractivity contribution in [3.8, 4) is 11.5 Å². The predicted octanol–water partition coefficient (Wildman–Crippen LogP) is 5.39. The predicted molar refractivity (Wildman–Crippen MR) is 138 cm³/mol. The highest BCUT2D eigenvalue weighted by Gasteiger charge is 2.49. The number of carbonyl (C=O) groups is 2. The second-order valence-electron chi connectivity index (χ2n) is 8.98. The van der Waals surface area contributed by atoms with Gasteiger partial charge in [0.2, 0.25) is 0 Å². The molecule has 186 valence electrons. The molecule has 0 radical (unpaired) electrons. The highest BCUT2D eigenvalue weighted by Crippen LogP contribution is 2.45. The largest absolute Gasteiger partial charge is 0.507 e. The van der Waals surface area contributed by atoms with Crippen molar-refractivity contribution in [2.75, 3.05) is 12.0 Å². The van der Waals surface area contributed by atoms with Gasteiger partial charge < -0.3 is 14.6 Å². The number of rotatable bonds is 4. The number of fused-ring (bicyclic) bond motifs is 2. The molecule has 6 rings (SSSR count). The third-order valence-electron chi connectivity index (χ3n) is 6.60. The van der Waals surface area contributed by atoms with E-state index in [1.54, 1.807) is 49.6 Å². The van der Waals surface area contributed by atoms with Crippen LogP contribution in [0.25, 0.3) is 16.0 Å². The first-order valence-electron chi connectivity index (χ1n) is 11.7. The van der Waals surface area contributed by atoms with Crippen LogP contribution in [-0.2, 0) is 16.0 Å². The maximum absolute atomic E-state index is 15.1. The van der Waals surface area contributed by atoms with Gasteiger partial charge in [0.1, 0.15) is 35.2 Å². The molecule has 2 atom stereocenters. The lowest BCUT2D eigenvalue weighted by atomic mass is 9.94. The fraction of sp³-hybridized carbons (Fsp3) is 0.179. The number of methoxy groups -OCH3 is 1. The highest BCUT2D eigenvalue weighted by molar-refractivity contribution is 7.22. The average molecular weight is 517 g/mol. The minimum atomic E-state index is -1.20. The zero-order valence-corrected chi connectivity index (χ0v) is 20.7. The number of aliphatic hydroxyl groups is 1. The van der Waals surface area contributed by atoms with E-state index in [0.717, 1.165) is 10.3 Å². The van der Waals surface area contributed by atoms with Gasteiger partial charge >= 0.3 is 5.91 Å². The number of hydrogen-bond donors (Lipinski definition) is 1. The van der Waals surface area contributed by atoms with Crippen LogP contribution >= 0.6 is 11.3 Å². The first-order chi connectivity index (χ1) is 17.9. The van der Waals surface area contributed by atoms with Crippen LogP contribution in [0.3, 0.4) is 0 Å². The molecule has 0 saturated carbocycles. The molecule has 9 heteroatoms.